The Labute approximate surface area is 156 Å². The first kappa shape index (κ1) is 18.8. The van der Waals surface area contributed by atoms with Crippen molar-refractivity contribution < 1.29 is 14.2 Å². The lowest BCUT2D eigenvalue weighted by Gasteiger charge is -2.19. The molecule has 2 N–H and O–H groups in total. The topological polar surface area (TPSA) is 77.9 Å². The van der Waals surface area contributed by atoms with Gasteiger partial charge >= 0.3 is 0 Å². The predicted molar refractivity (Wildman–Crippen MR) is 104 cm³/mol. The third kappa shape index (κ3) is 3.50. The summed E-state index contributed by atoms with van der Waals surface area (Å²) in [5.41, 5.74) is 2.72. The van der Waals surface area contributed by atoms with E-state index in [0.717, 1.165) is 18.7 Å². The smallest absolute Gasteiger partial charge is 0.219 e. The first-order chi connectivity index (χ1) is 13.0. The van der Waals surface area contributed by atoms with Gasteiger partial charge in [0, 0.05) is 17.5 Å². The van der Waals surface area contributed by atoms with Gasteiger partial charge in [0.15, 0.2) is 5.69 Å². The number of fused-ring (bicyclic) bond motifs is 1. The van der Waals surface area contributed by atoms with Crippen LogP contribution in [0.1, 0.15) is 19.4 Å². The van der Waals surface area contributed by atoms with Crippen molar-refractivity contribution in [2.45, 2.75) is 20.4 Å². The molecule has 0 aliphatic rings. The van der Waals surface area contributed by atoms with Crippen molar-refractivity contribution in [3.05, 3.63) is 46.6 Å². The van der Waals surface area contributed by atoms with Gasteiger partial charge in [-0.1, -0.05) is 13.8 Å². The number of ether oxygens (including phenoxy) is 1. The van der Waals surface area contributed by atoms with E-state index in [1.54, 1.807) is 12.1 Å². The fourth-order valence-corrected chi connectivity index (χ4v) is 3.31. The Kier molecular flexibility index (Phi) is 5.41. The average Bonchev–Trinajstić information content (AvgIpc) is 3.00. The fourth-order valence-electron chi connectivity index (χ4n) is 3.31. The van der Waals surface area contributed by atoms with Crippen molar-refractivity contribution in [1.29, 1.82) is 0 Å². The van der Waals surface area contributed by atoms with E-state index >= 15 is 0 Å². The molecule has 1 aromatic heterocycles. The Morgan fingerprint density at radius 3 is 2.59 bits per heavy atom. The highest BCUT2D eigenvalue weighted by Crippen LogP contribution is 2.41. The van der Waals surface area contributed by atoms with Gasteiger partial charge in [-0.3, -0.25) is 4.90 Å². The minimum absolute atomic E-state index is 0.0528. The second-order valence-corrected chi connectivity index (χ2v) is 6.28. The highest BCUT2D eigenvalue weighted by Gasteiger charge is 2.19. The van der Waals surface area contributed by atoms with Crippen molar-refractivity contribution in [2.75, 3.05) is 20.2 Å². The zero-order valence-electron chi connectivity index (χ0n) is 15.5. The number of aromatic amines is 1. The number of hydrogen-bond donors (Lipinski definition) is 2. The summed E-state index contributed by atoms with van der Waals surface area (Å²) < 4.78 is 19.2. The van der Waals surface area contributed by atoms with Crippen LogP contribution in [0.4, 0.5) is 10.1 Å². The molecule has 3 aromatic rings. The van der Waals surface area contributed by atoms with Crippen molar-refractivity contribution in [3.8, 4) is 22.8 Å². The van der Waals surface area contributed by atoms with E-state index in [2.05, 4.69) is 28.9 Å². The van der Waals surface area contributed by atoms with Gasteiger partial charge in [-0.25, -0.2) is 4.39 Å². The molecular formula is C20H22FN3O3. The van der Waals surface area contributed by atoms with Crippen LogP contribution in [0.3, 0.4) is 0 Å². The normalized spacial score (nSPS) is 11.3. The predicted octanol–water partition coefficient (Wildman–Crippen LogP) is 4.93. The number of nitroso groups, excluding NO2 is 1. The van der Waals surface area contributed by atoms with E-state index in [0.29, 0.717) is 34.3 Å². The van der Waals surface area contributed by atoms with E-state index in [4.69, 9.17) is 4.74 Å². The summed E-state index contributed by atoms with van der Waals surface area (Å²) in [7, 11) is 1.52. The number of methoxy groups -OCH3 is 1. The summed E-state index contributed by atoms with van der Waals surface area (Å²) in [6.45, 7) is 6.41. The third-order valence-corrected chi connectivity index (χ3v) is 4.80. The second kappa shape index (κ2) is 7.75. The molecule has 0 aliphatic carbocycles. The van der Waals surface area contributed by atoms with Gasteiger partial charge in [-0.05, 0) is 59.7 Å². The molecule has 6 nitrogen and oxygen atoms in total. The van der Waals surface area contributed by atoms with Gasteiger partial charge in [-0.15, -0.1) is 4.91 Å². The number of benzene rings is 2. The van der Waals surface area contributed by atoms with Gasteiger partial charge in [0.25, 0.3) is 0 Å². The molecule has 1 heterocycles. The number of rotatable bonds is 7. The standard InChI is InChI=1S/C20H22FN3O3/c1-4-24(5-2)11-13-8-12(15-10-14(21)6-7-17(15)27-3)9-16-18(13)22-20(25)19(16)23-26/h6-10,22,25H,4-5,11H2,1-3H3. The number of aromatic nitrogens is 1. The van der Waals surface area contributed by atoms with Crippen molar-refractivity contribution in [1.82, 2.24) is 9.88 Å². The Hall–Kier alpha value is -2.93. The molecule has 0 atom stereocenters. The maximum atomic E-state index is 13.9. The SMILES string of the molecule is CCN(CC)Cc1cc(-c2cc(F)ccc2OC)cc2c(N=O)c(O)[nH]c12. The first-order valence-electron chi connectivity index (χ1n) is 8.79. The summed E-state index contributed by atoms with van der Waals surface area (Å²) in [6, 6.07) is 7.92. The summed E-state index contributed by atoms with van der Waals surface area (Å²) in [5.74, 6) is -0.143. The number of nitrogens with one attached hydrogen (secondary N) is 1. The van der Waals surface area contributed by atoms with Crippen LogP contribution in [-0.4, -0.2) is 35.2 Å². The van der Waals surface area contributed by atoms with E-state index < -0.39 is 0 Å². The lowest BCUT2D eigenvalue weighted by Crippen LogP contribution is -2.22. The molecule has 0 fully saturated rings. The second-order valence-electron chi connectivity index (χ2n) is 6.28. The number of aromatic hydroxyl groups is 1. The van der Waals surface area contributed by atoms with Crippen LogP contribution >= 0.6 is 0 Å². The zero-order valence-corrected chi connectivity index (χ0v) is 15.5. The largest absolute Gasteiger partial charge is 0.496 e. The van der Waals surface area contributed by atoms with Gasteiger partial charge in [0.1, 0.15) is 11.6 Å². The molecule has 3 rings (SSSR count). The maximum absolute atomic E-state index is 13.9. The summed E-state index contributed by atoms with van der Waals surface area (Å²) in [4.78, 5) is 16.3. The third-order valence-electron chi connectivity index (χ3n) is 4.80. The lowest BCUT2D eigenvalue weighted by atomic mass is 9.98. The molecule has 0 saturated heterocycles. The molecule has 142 valence electrons. The molecule has 2 aromatic carbocycles. The Morgan fingerprint density at radius 2 is 1.96 bits per heavy atom. The number of hydrogen-bond acceptors (Lipinski definition) is 5. The van der Waals surface area contributed by atoms with Crippen LogP contribution in [0.15, 0.2) is 35.5 Å². The van der Waals surface area contributed by atoms with Crippen molar-refractivity contribution in [3.63, 3.8) is 0 Å². The first-order valence-corrected chi connectivity index (χ1v) is 8.79. The van der Waals surface area contributed by atoms with Gasteiger partial charge in [0.05, 0.1) is 12.6 Å². The van der Waals surface area contributed by atoms with Gasteiger partial charge in [0.2, 0.25) is 5.88 Å². The Balaban J connectivity index is 2.28. The molecule has 0 amide bonds. The van der Waals surface area contributed by atoms with Crippen LogP contribution in [0.5, 0.6) is 11.6 Å². The lowest BCUT2D eigenvalue weighted by molar-refractivity contribution is 0.297. The van der Waals surface area contributed by atoms with Crippen molar-refractivity contribution in [2.24, 2.45) is 5.18 Å². The van der Waals surface area contributed by atoms with Crippen LogP contribution in [0, 0.1) is 10.7 Å². The van der Waals surface area contributed by atoms with E-state index in [1.165, 1.54) is 19.2 Å². The highest BCUT2D eigenvalue weighted by atomic mass is 19.1. The van der Waals surface area contributed by atoms with Crippen LogP contribution < -0.4 is 4.74 Å². The van der Waals surface area contributed by atoms with E-state index in [1.807, 2.05) is 6.07 Å². The van der Waals surface area contributed by atoms with E-state index in [-0.39, 0.29) is 17.4 Å². The molecule has 0 radical (unpaired) electrons. The molecular weight excluding hydrogens is 349 g/mol. The number of H-pyrrole nitrogens is 1. The molecule has 0 bridgehead atoms. The van der Waals surface area contributed by atoms with Crippen LogP contribution in [0.25, 0.3) is 22.0 Å². The van der Waals surface area contributed by atoms with Crippen LogP contribution in [-0.2, 0) is 6.54 Å². The molecule has 0 unspecified atom stereocenters. The van der Waals surface area contributed by atoms with E-state index in [9.17, 15) is 14.4 Å². The molecule has 7 heteroatoms. The summed E-state index contributed by atoms with van der Waals surface area (Å²) in [6.07, 6.45) is 0. The Bertz CT molecular complexity index is 980. The molecule has 27 heavy (non-hydrogen) atoms. The molecule has 0 saturated carbocycles. The highest BCUT2D eigenvalue weighted by molar-refractivity contribution is 5.99. The zero-order chi connectivity index (χ0) is 19.6. The molecule has 0 aliphatic heterocycles. The Morgan fingerprint density at radius 1 is 1.22 bits per heavy atom. The molecule has 0 spiro atoms. The minimum Gasteiger partial charge on any atom is -0.496 e. The number of nitrogens with zero attached hydrogens (tertiary/aromatic N) is 2. The van der Waals surface area contributed by atoms with Crippen LogP contribution in [0.2, 0.25) is 0 Å². The monoisotopic (exact) mass is 371 g/mol. The average molecular weight is 371 g/mol. The number of halogens is 1. The van der Waals surface area contributed by atoms with Gasteiger partial charge < -0.3 is 14.8 Å². The fraction of sp³-hybridized carbons (Fsp3) is 0.300. The van der Waals surface area contributed by atoms with Gasteiger partial charge in [-0.2, -0.15) is 0 Å². The van der Waals surface area contributed by atoms with Crippen molar-refractivity contribution >= 4 is 16.6 Å². The summed E-state index contributed by atoms with van der Waals surface area (Å²) >= 11 is 0. The summed E-state index contributed by atoms with van der Waals surface area (Å²) in [5, 5.41) is 13.5. The minimum atomic E-state index is -0.387. The quantitative estimate of drug-likeness (QED) is 0.577. The maximum Gasteiger partial charge on any atom is 0.219 e.